The highest BCUT2D eigenvalue weighted by atomic mass is 19.1. The van der Waals surface area contributed by atoms with E-state index in [1.54, 1.807) is 30.0 Å². The van der Waals surface area contributed by atoms with E-state index in [2.05, 4.69) is 10.3 Å². The summed E-state index contributed by atoms with van der Waals surface area (Å²) in [5.41, 5.74) is 2.10. The molecule has 0 aliphatic heterocycles. The summed E-state index contributed by atoms with van der Waals surface area (Å²) in [5, 5.41) is 2.58. The average Bonchev–Trinajstić information content (AvgIpc) is 3.00. The van der Waals surface area contributed by atoms with Crippen molar-refractivity contribution in [2.45, 2.75) is 6.92 Å². The summed E-state index contributed by atoms with van der Waals surface area (Å²) in [4.78, 5) is 16.4. The third-order valence-electron chi connectivity index (χ3n) is 3.28. The number of halogens is 1. The van der Waals surface area contributed by atoms with Gasteiger partial charge in [-0.3, -0.25) is 9.36 Å². The average molecular weight is 295 g/mol. The second-order valence-electron chi connectivity index (χ2n) is 4.92. The lowest BCUT2D eigenvalue weighted by molar-refractivity contribution is 0.102. The first-order valence-electron chi connectivity index (χ1n) is 6.80. The molecular weight excluding hydrogens is 281 g/mol. The van der Waals surface area contributed by atoms with E-state index in [1.165, 1.54) is 12.3 Å². The van der Waals surface area contributed by atoms with E-state index in [0.29, 0.717) is 5.69 Å². The van der Waals surface area contributed by atoms with Crippen molar-refractivity contribution >= 4 is 11.6 Å². The van der Waals surface area contributed by atoms with Crippen LogP contribution in [0, 0.1) is 12.7 Å². The van der Waals surface area contributed by atoms with Crippen molar-refractivity contribution in [3.8, 4) is 5.69 Å². The minimum atomic E-state index is -0.459. The molecule has 3 rings (SSSR count). The van der Waals surface area contributed by atoms with Gasteiger partial charge in [-0.25, -0.2) is 9.37 Å². The quantitative estimate of drug-likeness (QED) is 0.803. The molecule has 1 amide bonds. The summed E-state index contributed by atoms with van der Waals surface area (Å²) in [6.07, 6.45) is 3.00. The van der Waals surface area contributed by atoms with Gasteiger partial charge >= 0.3 is 0 Å². The number of nitrogens with one attached hydrogen (secondary N) is 1. The van der Waals surface area contributed by atoms with Crippen LogP contribution in [0.1, 0.15) is 16.1 Å². The van der Waals surface area contributed by atoms with Crippen LogP contribution in [0.4, 0.5) is 10.1 Å². The van der Waals surface area contributed by atoms with Crippen molar-refractivity contribution < 1.29 is 9.18 Å². The van der Waals surface area contributed by atoms with Gasteiger partial charge < -0.3 is 5.32 Å². The van der Waals surface area contributed by atoms with E-state index in [1.807, 2.05) is 30.3 Å². The lowest BCUT2D eigenvalue weighted by Crippen LogP contribution is -2.16. The van der Waals surface area contributed by atoms with Crippen LogP contribution in [0.25, 0.3) is 5.69 Å². The SMILES string of the molecule is Cc1ccc(NC(=O)c2cncn2-c2ccccc2)c(F)c1. The number of amides is 1. The zero-order valence-electron chi connectivity index (χ0n) is 12.0. The summed E-state index contributed by atoms with van der Waals surface area (Å²) in [7, 11) is 0. The van der Waals surface area contributed by atoms with Gasteiger partial charge in [-0.05, 0) is 36.8 Å². The van der Waals surface area contributed by atoms with Crippen LogP contribution in [-0.2, 0) is 0 Å². The van der Waals surface area contributed by atoms with Crippen molar-refractivity contribution in [3.05, 3.63) is 78.1 Å². The number of para-hydroxylation sites is 1. The molecule has 1 aromatic heterocycles. The lowest BCUT2D eigenvalue weighted by atomic mass is 10.2. The van der Waals surface area contributed by atoms with E-state index < -0.39 is 11.7 Å². The molecule has 4 nitrogen and oxygen atoms in total. The first-order chi connectivity index (χ1) is 10.6. The van der Waals surface area contributed by atoms with Gasteiger partial charge in [-0.2, -0.15) is 0 Å². The van der Waals surface area contributed by atoms with Crippen LogP contribution in [0.3, 0.4) is 0 Å². The standard InChI is InChI=1S/C17H14FN3O/c1-12-7-8-15(14(18)9-12)20-17(22)16-10-19-11-21(16)13-5-3-2-4-6-13/h2-11H,1H3,(H,20,22). The summed E-state index contributed by atoms with van der Waals surface area (Å²) in [5.74, 6) is -0.872. The van der Waals surface area contributed by atoms with Crippen LogP contribution in [0.5, 0.6) is 0 Å². The number of carbonyl (C=O) groups excluding carboxylic acids is 1. The molecule has 1 N–H and O–H groups in total. The lowest BCUT2D eigenvalue weighted by Gasteiger charge is -2.09. The van der Waals surface area contributed by atoms with Gasteiger partial charge in [0.25, 0.3) is 5.91 Å². The Kier molecular flexibility index (Phi) is 3.70. The zero-order valence-corrected chi connectivity index (χ0v) is 12.0. The number of benzene rings is 2. The number of imidazole rings is 1. The molecule has 22 heavy (non-hydrogen) atoms. The maximum Gasteiger partial charge on any atom is 0.274 e. The Balaban J connectivity index is 1.89. The number of nitrogens with zero attached hydrogens (tertiary/aromatic N) is 2. The number of hydrogen-bond acceptors (Lipinski definition) is 2. The molecule has 0 spiro atoms. The first-order valence-corrected chi connectivity index (χ1v) is 6.80. The number of carbonyl (C=O) groups is 1. The fourth-order valence-electron chi connectivity index (χ4n) is 2.17. The molecule has 0 unspecified atom stereocenters. The predicted octanol–water partition coefficient (Wildman–Crippen LogP) is 3.57. The topological polar surface area (TPSA) is 46.9 Å². The zero-order chi connectivity index (χ0) is 15.5. The third kappa shape index (κ3) is 2.74. The molecule has 0 saturated heterocycles. The summed E-state index contributed by atoms with van der Waals surface area (Å²) in [6, 6.07) is 14.0. The van der Waals surface area contributed by atoms with E-state index in [4.69, 9.17) is 0 Å². The van der Waals surface area contributed by atoms with Crippen LogP contribution in [-0.4, -0.2) is 15.5 Å². The van der Waals surface area contributed by atoms with Crippen molar-refractivity contribution in [1.29, 1.82) is 0 Å². The Morgan fingerprint density at radius 1 is 1.18 bits per heavy atom. The number of anilines is 1. The van der Waals surface area contributed by atoms with Gasteiger partial charge in [-0.1, -0.05) is 24.3 Å². The van der Waals surface area contributed by atoms with Gasteiger partial charge in [0.15, 0.2) is 0 Å². The molecule has 0 bridgehead atoms. The van der Waals surface area contributed by atoms with Crippen LogP contribution >= 0.6 is 0 Å². The smallest absolute Gasteiger partial charge is 0.274 e. The molecule has 0 fully saturated rings. The second-order valence-corrected chi connectivity index (χ2v) is 4.92. The maximum absolute atomic E-state index is 13.8. The molecule has 0 aliphatic carbocycles. The second kappa shape index (κ2) is 5.81. The van der Waals surface area contributed by atoms with E-state index in [9.17, 15) is 9.18 Å². The van der Waals surface area contributed by atoms with E-state index in [0.717, 1.165) is 11.3 Å². The first kappa shape index (κ1) is 14.0. The van der Waals surface area contributed by atoms with Gasteiger partial charge in [-0.15, -0.1) is 0 Å². The van der Waals surface area contributed by atoms with Gasteiger partial charge in [0.05, 0.1) is 18.2 Å². The molecular formula is C17H14FN3O. The van der Waals surface area contributed by atoms with E-state index in [-0.39, 0.29) is 5.69 Å². The van der Waals surface area contributed by atoms with Gasteiger partial charge in [0.1, 0.15) is 11.5 Å². The minimum Gasteiger partial charge on any atom is -0.318 e. The fraction of sp³-hybridized carbons (Fsp3) is 0.0588. The van der Waals surface area contributed by atoms with Crippen molar-refractivity contribution in [2.75, 3.05) is 5.32 Å². The molecule has 0 radical (unpaired) electrons. The van der Waals surface area contributed by atoms with Crippen molar-refractivity contribution in [2.24, 2.45) is 0 Å². The molecule has 0 aliphatic rings. The molecule has 0 atom stereocenters. The highest BCUT2D eigenvalue weighted by Gasteiger charge is 2.14. The maximum atomic E-state index is 13.8. The van der Waals surface area contributed by atoms with E-state index >= 15 is 0 Å². The Morgan fingerprint density at radius 3 is 2.68 bits per heavy atom. The van der Waals surface area contributed by atoms with Crippen LogP contribution in [0.2, 0.25) is 0 Å². The Bertz CT molecular complexity index is 812. The Morgan fingerprint density at radius 2 is 1.95 bits per heavy atom. The third-order valence-corrected chi connectivity index (χ3v) is 3.28. The Hall–Kier alpha value is -2.95. The van der Waals surface area contributed by atoms with Crippen LogP contribution < -0.4 is 5.32 Å². The minimum absolute atomic E-state index is 0.149. The normalized spacial score (nSPS) is 10.5. The van der Waals surface area contributed by atoms with Crippen LogP contribution in [0.15, 0.2) is 61.1 Å². The fourth-order valence-corrected chi connectivity index (χ4v) is 2.17. The monoisotopic (exact) mass is 295 g/mol. The number of hydrogen-bond donors (Lipinski definition) is 1. The highest BCUT2D eigenvalue weighted by molar-refractivity contribution is 6.03. The summed E-state index contributed by atoms with van der Waals surface area (Å²) >= 11 is 0. The summed E-state index contributed by atoms with van der Waals surface area (Å²) < 4.78 is 15.5. The van der Waals surface area contributed by atoms with Crippen molar-refractivity contribution in [3.63, 3.8) is 0 Å². The number of rotatable bonds is 3. The van der Waals surface area contributed by atoms with Gasteiger partial charge in [0, 0.05) is 5.69 Å². The molecule has 1 heterocycles. The van der Waals surface area contributed by atoms with Gasteiger partial charge in [0.2, 0.25) is 0 Å². The molecule has 110 valence electrons. The number of aromatic nitrogens is 2. The Labute approximate surface area is 127 Å². The molecule has 2 aromatic carbocycles. The van der Waals surface area contributed by atoms with Crippen molar-refractivity contribution in [1.82, 2.24) is 9.55 Å². The number of aryl methyl sites for hydroxylation is 1. The molecule has 0 saturated carbocycles. The molecule has 3 aromatic rings. The molecule has 5 heteroatoms. The highest BCUT2D eigenvalue weighted by Crippen LogP contribution is 2.17. The summed E-state index contributed by atoms with van der Waals surface area (Å²) in [6.45, 7) is 1.79. The largest absolute Gasteiger partial charge is 0.318 e. The predicted molar refractivity (Wildman–Crippen MR) is 82.7 cm³/mol.